The lowest BCUT2D eigenvalue weighted by molar-refractivity contribution is -0.140. The smallest absolute Gasteiger partial charge is 0.225 e. The van der Waals surface area contributed by atoms with E-state index in [4.69, 9.17) is 9.72 Å². The molecule has 1 aromatic heterocycles. The average molecular weight is 330 g/mol. The van der Waals surface area contributed by atoms with E-state index in [2.05, 4.69) is 16.0 Å². The van der Waals surface area contributed by atoms with Crippen molar-refractivity contribution >= 4 is 11.7 Å². The van der Waals surface area contributed by atoms with Crippen LogP contribution in [0.15, 0.2) is 6.07 Å². The van der Waals surface area contributed by atoms with E-state index in [1.54, 1.807) is 0 Å². The highest BCUT2D eigenvalue weighted by atomic mass is 16.5. The number of carbonyl (C=O) groups excluding carboxylic acids is 1. The molecule has 130 valence electrons. The second-order valence-corrected chi connectivity index (χ2v) is 7.20. The van der Waals surface area contributed by atoms with Gasteiger partial charge in [-0.05, 0) is 32.6 Å². The Bertz CT molecular complexity index is 603. The lowest BCUT2D eigenvalue weighted by Gasteiger charge is -2.36. The summed E-state index contributed by atoms with van der Waals surface area (Å²) in [4.78, 5) is 26.3. The van der Waals surface area contributed by atoms with Crippen molar-refractivity contribution in [3.63, 3.8) is 0 Å². The average Bonchev–Trinajstić information content (AvgIpc) is 3.47. The van der Waals surface area contributed by atoms with E-state index in [0.717, 1.165) is 56.4 Å². The van der Waals surface area contributed by atoms with Crippen LogP contribution in [-0.4, -0.2) is 60.2 Å². The lowest BCUT2D eigenvalue weighted by atomic mass is 9.95. The molecule has 24 heavy (non-hydrogen) atoms. The number of rotatable bonds is 3. The Kier molecular flexibility index (Phi) is 4.39. The minimum absolute atomic E-state index is 0.158. The van der Waals surface area contributed by atoms with Gasteiger partial charge in [0.15, 0.2) is 0 Å². The largest absolute Gasteiger partial charge is 0.378 e. The number of anilines is 1. The van der Waals surface area contributed by atoms with Crippen LogP contribution in [0.4, 0.5) is 5.82 Å². The second-order valence-electron chi connectivity index (χ2n) is 7.20. The number of hydrogen-bond donors (Lipinski definition) is 0. The third-order valence-corrected chi connectivity index (χ3v) is 5.29. The van der Waals surface area contributed by atoms with Crippen molar-refractivity contribution in [2.24, 2.45) is 5.92 Å². The number of ether oxygens (including phenoxy) is 1. The number of hydrogen-bond acceptors (Lipinski definition) is 5. The van der Waals surface area contributed by atoms with Crippen LogP contribution in [0, 0.1) is 12.8 Å². The molecule has 0 aromatic carbocycles. The monoisotopic (exact) mass is 330 g/mol. The van der Waals surface area contributed by atoms with E-state index in [1.807, 2.05) is 11.8 Å². The van der Waals surface area contributed by atoms with Crippen molar-refractivity contribution in [3.8, 4) is 0 Å². The molecule has 6 nitrogen and oxygen atoms in total. The van der Waals surface area contributed by atoms with E-state index >= 15 is 0 Å². The zero-order valence-corrected chi connectivity index (χ0v) is 14.4. The predicted molar refractivity (Wildman–Crippen MR) is 91.1 cm³/mol. The molecule has 3 fully saturated rings. The number of piperidine rings is 1. The van der Waals surface area contributed by atoms with Crippen LogP contribution >= 0.6 is 0 Å². The second kappa shape index (κ2) is 6.67. The molecule has 2 aliphatic heterocycles. The molecular formula is C18H26N4O2. The van der Waals surface area contributed by atoms with Crippen LogP contribution < -0.4 is 4.90 Å². The van der Waals surface area contributed by atoms with Gasteiger partial charge in [0, 0.05) is 49.8 Å². The maximum Gasteiger partial charge on any atom is 0.225 e. The summed E-state index contributed by atoms with van der Waals surface area (Å²) in [5, 5.41) is 0. The molecule has 0 bridgehead atoms. The topological polar surface area (TPSA) is 58.6 Å². The Balaban J connectivity index is 1.38. The highest BCUT2D eigenvalue weighted by molar-refractivity contribution is 5.79. The summed E-state index contributed by atoms with van der Waals surface area (Å²) in [5.41, 5.74) is 1.05. The summed E-state index contributed by atoms with van der Waals surface area (Å²) < 4.78 is 5.34. The van der Waals surface area contributed by atoms with Crippen LogP contribution in [-0.2, 0) is 9.53 Å². The number of aryl methyl sites for hydroxylation is 1. The predicted octanol–water partition coefficient (Wildman–Crippen LogP) is 1.74. The van der Waals surface area contributed by atoms with Crippen molar-refractivity contribution in [1.29, 1.82) is 0 Å². The molecule has 1 amide bonds. The summed E-state index contributed by atoms with van der Waals surface area (Å²) in [6.45, 7) is 6.70. The van der Waals surface area contributed by atoms with Crippen molar-refractivity contribution in [2.75, 3.05) is 44.3 Å². The van der Waals surface area contributed by atoms with E-state index in [1.165, 1.54) is 12.8 Å². The first-order chi connectivity index (χ1) is 11.7. The van der Waals surface area contributed by atoms with Gasteiger partial charge in [-0.3, -0.25) is 4.79 Å². The van der Waals surface area contributed by atoms with Crippen LogP contribution in [0.2, 0.25) is 0 Å². The summed E-state index contributed by atoms with van der Waals surface area (Å²) in [6, 6.07) is 2.08. The molecule has 0 radical (unpaired) electrons. The molecule has 0 N–H and O–H groups in total. The Hall–Kier alpha value is -1.69. The van der Waals surface area contributed by atoms with Crippen molar-refractivity contribution in [2.45, 2.75) is 38.5 Å². The molecule has 3 heterocycles. The van der Waals surface area contributed by atoms with Gasteiger partial charge in [0.25, 0.3) is 0 Å². The highest BCUT2D eigenvalue weighted by Crippen LogP contribution is 2.38. The third-order valence-electron chi connectivity index (χ3n) is 5.29. The van der Waals surface area contributed by atoms with Gasteiger partial charge in [0.05, 0.1) is 13.2 Å². The minimum Gasteiger partial charge on any atom is -0.378 e. The van der Waals surface area contributed by atoms with Crippen molar-refractivity contribution in [3.05, 3.63) is 17.6 Å². The van der Waals surface area contributed by atoms with Gasteiger partial charge in [-0.25, -0.2) is 9.97 Å². The van der Waals surface area contributed by atoms with E-state index in [0.29, 0.717) is 25.0 Å². The van der Waals surface area contributed by atoms with Gasteiger partial charge >= 0.3 is 0 Å². The summed E-state index contributed by atoms with van der Waals surface area (Å²) in [6.07, 6.45) is 4.27. The minimum atomic E-state index is 0.158. The van der Waals surface area contributed by atoms with Gasteiger partial charge in [-0.15, -0.1) is 0 Å². The molecule has 1 aliphatic carbocycles. The van der Waals surface area contributed by atoms with E-state index < -0.39 is 0 Å². The molecular weight excluding hydrogens is 304 g/mol. The fraction of sp³-hybridized carbons (Fsp3) is 0.722. The number of morpholine rings is 1. The van der Waals surface area contributed by atoms with E-state index in [9.17, 15) is 4.79 Å². The number of carbonyl (C=O) groups is 1. The molecule has 4 rings (SSSR count). The zero-order valence-electron chi connectivity index (χ0n) is 14.4. The van der Waals surface area contributed by atoms with Gasteiger partial charge < -0.3 is 14.5 Å². The lowest BCUT2D eigenvalue weighted by Crippen LogP contribution is -2.47. The summed E-state index contributed by atoms with van der Waals surface area (Å²) in [7, 11) is 0. The Morgan fingerprint density at radius 2 is 1.79 bits per heavy atom. The van der Waals surface area contributed by atoms with Crippen LogP contribution in [0.25, 0.3) is 0 Å². The van der Waals surface area contributed by atoms with Gasteiger partial charge in [0.1, 0.15) is 11.6 Å². The number of nitrogens with zero attached hydrogens (tertiary/aromatic N) is 4. The third kappa shape index (κ3) is 3.38. The van der Waals surface area contributed by atoms with Crippen LogP contribution in [0.1, 0.15) is 43.1 Å². The molecule has 0 spiro atoms. The van der Waals surface area contributed by atoms with Crippen LogP contribution in [0.3, 0.4) is 0 Å². The molecule has 0 atom stereocenters. The standard InChI is InChI=1S/C18H26N4O2/c1-13-12-16(20-17(19-13)14-2-3-14)21-6-4-15(5-7-21)18(23)22-8-10-24-11-9-22/h12,14-15H,2-11H2,1H3. The first-order valence-corrected chi connectivity index (χ1v) is 9.18. The molecule has 0 unspecified atom stereocenters. The Morgan fingerprint density at radius 3 is 2.46 bits per heavy atom. The first-order valence-electron chi connectivity index (χ1n) is 9.18. The Labute approximate surface area is 143 Å². The normalized spacial score (nSPS) is 22.7. The quantitative estimate of drug-likeness (QED) is 0.845. The molecule has 3 aliphatic rings. The molecule has 1 aromatic rings. The van der Waals surface area contributed by atoms with Gasteiger partial charge in [-0.2, -0.15) is 0 Å². The zero-order chi connectivity index (χ0) is 16.5. The molecule has 2 saturated heterocycles. The number of aromatic nitrogens is 2. The maximum absolute atomic E-state index is 12.6. The fourth-order valence-corrected chi connectivity index (χ4v) is 3.66. The molecule has 6 heteroatoms. The van der Waals surface area contributed by atoms with Gasteiger partial charge in [-0.1, -0.05) is 0 Å². The van der Waals surface area contributed by atoms with Crippen molar-refractivity contribution in [1.82, 2.24) is 14.9 Å². The number of amides is 1. The molecule has 1 saturated carbocycles. The van der Waals surface area contributed by atoms with Crippen molar-refractivity contribution < 1.29 is 9.53 Å². The van der Waals surface area contributed by atoms with E-state index in [-0.39, 0.29) is 5.92 Å². The SMILES string of the molecule is Cc1cc(N2CCC(C(=O)N3CCOCC3)CC2)nc(C2CC2)n1. The van der Waals surface area contributed by atoms with Crippen LogP contribution in [0.5, 0.6) is 0 Å². The Morgan fingerprint density at radius 1 is 1.08 bits per heavy atom. The van der Waals surface area contributed by atoms with Gasteiger partial charge in [0.2, 0.25) is 5.91 Å². The summed E-state index contributed by atoms with van der Waals surface area (Å²) >= 11 is 0. The fourth-order valence-electron chi connectivity index (χ4n) is 3.66. The highest BCUT2D eigenvalue weighted by Gasteiger charge is 2.31. The first kappa shape index (κ1) is 15.8. The maximum atomic E-state index is 12.6. The summed E-state index contributed by atoms with van der Waals surface area (Å²) in [5.74, 6) is 3.10.